The molecule has 1 aromatic heterocycles. The van der Waals surface area contributed by atoms with Crippen LogP contribution in [-0.4, -0.2) is 39.5 Å². The van der Waals surface area contributed by atoms with Gasteiger partial charge in [0, 0.05) is 18.8 Å². The van der Waals surface area contributed by atoms with Crippen molar-refractivity contribution < 1.29 is 20.1 Å². The van der Waals surface area contributed by atoms with Crippen molar-refractivity contribution in [2.75, 3.05) is 0 Å². The predicted octanol–water partition coefficient (Wildman–Crippen LogP) is 2.56. The van der Waals surface area contributed by atoms with E-state index in [2.05, 4.69) is 11.4 Å². The Morgan fingerprint density at radius 3 is 2.85 bits per heavy atom. The zero-order chi connectivity index (χ0) is 19.6. The molecule has 0 radical (unpaired) electrons. The normalized spacial score (nSPS) is 26.9. The zero-order valence-electron chi connectivity index (χ0n) is 15.6. The third-order valence-corrected chi connectivity index (χ3v) is 5.88. The second kappa shape index (κ2) is 11.4. The maximum Gasteiger partial charge on any atom is 0.217 e. The number of aliphatic hydroxyl groups is 3. The van der Waals surface area contributed by atoms with E-state index >= 15 is 0 Å². The van der Waals surface area contributed by atoms with Crippen molar-refractivity contribution in [3.63, 3.8) is 0 Å². The van der Waals surface area contributed by atoms with Crippen LogP contribution in [0.3, 0.4) is 0 Å². The molecule has 0 saturated heterocycles. The first-order valence-electron chi connectivity index (χ1n) is 9.64. The average molecular weight is 394 g/mol. The Morgan fingerprint density at radius 2 is 2.15 bits per heavy atom. The SMILES string of the molecule is NC(=O)CCCC=CC[C@H]1C(O)CC(O)[C@@H]1C=CC(O)CCc1ccsc1. The van der Waals surface area contributed by atoms with E-state index in [1.807, 2.05) is 23.6 Å². The van der Waals surface area contributed by atoms with Crippen molar-refractivity contribution in [3.05, 3.63) is 46.7 Å². The minimum Gasteiger partial charge on any atom is -0.393 e. The molecule has 5 N–H and O–H groups in total. The highest BCUT2D eigenvalue weighted by Crippen LogP contribution is 2.36. The van der Waals surface area contributed by atoms with Gasteiger partial charge >= 0.3 is 0 Å². The van der Waals surface area contributed by atoms with Crippen molar-refractivity contribution in [1.29, 1.82) is 0 Å². The number of aliphatic hydroxyl groups excluding tert-OH is 3. The van der Waals surface area contributed by atoms with Gasteiger partial charge in [0.2, 0.25) is 5.91 Å². The molecule has 0 aromatic carbocycles. The molecule has 1 saturated carbocycles. The summed E-state index contributed by atoms with van der Waals surface area (Å²) >= 11 is 1.65. The molecule has 1 fully saturated rings. The quantitative estimate of drug-likeness (QED) is 0.343. The minimum absolute atomic E-state index is 0.0623. The van der Waals surface area contributed by atoms with Gasteiger partial charge in [-0.05, 0) is 60.4 Å². The van der Waals surface area contributed by atoms with Gasteiger partial charge in [0.15, 0.2) is 0 Å². The Bertz CT molecular complexity index is 614. The average Bonchev–Trinajstić information content (AvgIpc) is 3.22. The number of allylic oxidation sites excluding steroid dienone is 2. The molecule has 6 heteroatoms. The lowest BCUT2D eigenvalue weighted by atomic mass is 9.89. The molecule has 0 spiro atoms. The van der Waals surface area contributed by atoms with Crippen LogP contribution in [0.1, 0.15) is 44.1 Å². The molecule has 1 aliphatic rings. The summed E-state index contributed by atoms with van der Waals surface area (Å²) in [5.41, 5.74) is 6.34. The summed E-state index contributed by atoms with van der Waals surface area (Å²) in [6.07, 6.45) is 10.3. The highest BCUT2D eigenvalue weighted by atomic mass is 32.1. The monoisotopic (exact) mass is 393 g/mol. The molecule has 5 nitrogen and oxygen atoms in total. The summed E-state index contributed by atoms with van der Waals surface area (Å²) in [6.45, 7) is 0. The van der Waals surface area contributed by atoms with Crippen LogP contribution in [0.4, 0.5) is 0 Å². The number of amides is 1. The number of aryl methyl sites for hydroxylation is 1. The van der Waals surface area contributed by atoms with Gasteiger partial charge in [-0.25, -0.2) is 0 Å². The Balaban J connectivity index is 1.81. The van der Waals surface area contributed by atoms with Crippen LogP contribution in [0.5, 0.6) is 0 Å². The van der Waals surface area contributed by atoms with Crippen LogP contribution in [0.15, 0.2) is 41.1 Å². The molecule has 2 rings (SSSR count). The number of hydrogen-bond acceptors (Lipinski definition) is 5. The van der Waals surface area contributed by atoms with Crippen molar-refractivity contribution in [2.24, 2.45) is 17.6 Å². The largest absolute Gasteiger partial charge is 0.393 e. The van der Waals surface area contributed by atoms with Crippen LogP contribution < -0.4 is 5.73 Å². The molecule has 1 aliphatic carbocycles. The summed E-state index contributed by atoms with van der Waals surface area (Å²) in [4.78, 5) is 10.7. The van der Waals surface area contributed by atoms with Crippen LogP contribution in [-0.2, 0) is 11.2 Å². The van der Waals surface area contributed by atoms with E-state index in [1.165, 1.54) is 5.56 Å². The molecular weight excluding hydrogens is 362 g/mol. The number of nitrogens with two attached hydrogens (primary N) is 1. The third kappa shape index (κ3) is 7.58. The Morgan fingerprint density at radius 1 is 1.33 bits per heavy atom. The summed E-state index contributed by atoms with van der Waals surface area (Å²) < 4.78 is 0. The van der Waals surface area contributed by atoms with Gasteiger partial charge in [-0.15, -0.1) is 0 Å². The summed E-state index contributed by atoms with van der Waals surface area (Å²) in [6, 6.07) is 2.06. The molecule has 3 unspecified atom stereocenters. The lowest BCUT2D eigenvalue weighted by Crippen LogP contribution is -2.20. The number of primary amides is 1. The lowest BCUT2D eigenvalue weighted by Gasteiger charge is -2.19. The fourth-order valence-electron chi connectivity index (χ4n) is 3.57. The highest BCUT2D eigenvalue weighted by Gasteiger charge is 2.39. The molecule has 0 bridgehead atoms. The smallest absolute Gasteiger partial charge is 0.217 e. The number of rotatable bonds is 11. The predicted molar refractivity (Wildman–Crippen MR) is 108 cm³/mol. The van der Waals surface area contributed by atoms with E-state index in [0.717, 1.165) is 19.3 Å². The first-order chi connectivity index (χ1) is 13.0. The fourth-order valence-corrected chi connectivity index (χ4v) is 4.28. The topological polar surface area (TPSA) is 104 Å². The molecule has 1 aromatic rings. The number of carbonyl (C=O) groups excluding carboxylic acids is 1. The molecule has 1 amide bonds. The standard InChI is InChI=1S/C21H31NO4S/c22-21(26)6-4-2-1-3-5-17-18(20(25)13-19(17)24)10-9-16(23)8-7-15-11-12-27-14-15/h1,3,9-12,14,16-20,23-25H,2,4-8,13H2,(H2,22,26)/t16?,17-,18-,19?,20?/m1/s1. The van der Waals surface area contributed by atoms with Gasteiger partial charge in [-0.1, -0.05) is 24.3 Å². The Labute approximate surface area is 165 Å². The summed E-state index contributed by atoms with van der Waals surface area (Å²) in [5, 5.41) is 34.8. The van der Waals surface area contributed by atoms with Crippen molar-refractivity contribution in [3.8, 4) is 0 Å². The molecule has 0 aliphatic heterocycles. The van der Waals surface area contributed by atoms with Crippen LogP contribution in [0.25, 0.3) is 0 Å². The van der Waals surface area contributed by atoms with E-state index in [0.29, 0.717) is 25.7 Å². The molecule has 1 heterocycles. The highest BCUT2D eigenvalue weighted by molar-refractivity contribution is 7.07. The maximum atomic E-state index is 10.7. The van der Waals surface area contributed by atoms with Crippen molar-refractivity contribution in [2.45, 2.75) is 63.3 Å². The number of unbranched alkanes of at least 4 members (excludes halogenated alkanes) is 1. The minimum atomic E-state index is -0.589. The van der Waals surface area contributed by atoms with E-state index in [-0.39, 0.29) is 17.7 Å². The number of thiophene rings is 1. The Kier molecular flexibility index (Phi) is 9.21. The van der Waals surface area contributed by atoms with Gasteiger partial charge < -0.3 is 21.1 Å². The number of hydrogen-bond donors (Lipinski definition) is 4. The second-order valence-electron chi connectivity index (χ2n) is 7.30. The third-order valence-electron chi connectivity index (χ3n) is 5.15. The van der Waals surface area contributed by atoms with Gasteiger partial charge in [0.25, 0.3) is 0 Å². The van der Waals surface area contributed by atoms with E-state index in [4.69, 9.17) is 5.73 Å². The van der Waals surface area contributed by atoms with Crippen LogP contribution >= 0.6 is 11.3 Å². The first-order valence-corrected chi connectivity index (χ1v) is 10.6. The molecular formula is C21H31NO4S. The van der Waals surface area contributed by atoms with Crippen LogP contribution in [0, 0.1) is 11.8 Å². The summed E-state index contributed by atoms with van der Waals surface area (Å²) in [7, 11) is 0. The molecule has 27 heavy (non-hydrogen) atoms. The first kappa shape index (κ1) is 21.8. The molecule has 5 atom stereocenters. The van der Waals surface area contributed by atoms with Crippen molar-refractivity contribution >= 4 is 17.2 Å². The van der Waals surface area contributed by atoms with Crippen molar-refractivity contribution in [1.82, 2.24) is 0 Å². The van der Waals surface area contributed by atoms with E-state index in [9.17, 15) is 20.1 Å². The zero-order valence-corrected chi connectivity index (χ0v) is 16.4. The maximum absolute atomic E-state index is 10.7. The van der Waals surface area contributed by atoms with Gasteiger partial charge in [-0.3, -0.25) is 4.79 Å². The number of carbonyl (C=O) groups is 1. The summed E-state index contributed by atoms with van der Waals surface area (Å²) in [5.74, 6) is -0.515. The van der Waals surface area contributed by atoms with E-state index < -0.39 is 18.3 Å². The lowest BCUT2D eigenvalue weighted by molar-refractivity contribution is -0.118. The fraction of sp³-hybridized carbons (Fsp3) is 0.571. The van der Waals surface area contributed by atoms with Gasteiger partial charge in [-0.2, -0.15) is 11.3 Å². The van der Waals surface area contributed by atoms with Gasteiger partial charge in [0.05, 0.1) is 18.3 Å². The van der Waals surface area contributed by atoms with Gasteiger partial charge in [0.1, 0.15) is 0 Å². The van der Waals surface area contributed by atoms with Crippen LogP contribution in [0.2, 0.25) is 0 Å². The second-order valence-corrected chi connectivity index (χ2v) is 8.08. The van der Waals surface area contributed by atoms with E-state index in [1.54, 1.807) is 17.4 Å². The Hall–Kier alpha value is -1.47. The molecule has 150 valence electrons.